The molecule has 18 heavy (non-hydrogen) atoms. The number of amides is 2. The van der Waals surface area contributed by atoms with Gasteiger partial charge in [-0.2, -0.15) is 0 Å². The van der Waals surface area contributed by atoms with Crippen LogP contribution in [0, 0.1) is 11.3 Å². The zero-order valence-electron chi connectivity index (χ0n) is 11.2. The Morgan fingerprint density at radius 3 is 2.33 bits per heavy atom. The van der Waals surface area contributed by atoms with Gasteiger partial charge in [0.25, 0.3) is 0 Å². The smallest absolute Gasteiger partial charge is 0.303 e. The number of likely N-dealkylation sites (tertiary alicyclic amines) is 1. The third kappa shape index (κ3) is 2.71. The van der Waals surface area contributed by atoms with Crippen molar-refractivity contribution in [2.75, 3.05) is 6.54 Å². The van der Waals surface area contributed by atoms with E-state index in [0.29, 0.717) is 12.8 Å². The quantitative estimate of drug-likeness (QED) is 0.732. The van der Waals surface area contributed by atoms with Crippen LogP contribution in [-0.4, -0.2) is 34.3 Å². The first kappa shape index (κ1) is 14.7. The standard InChI is InChI=1S/C13H21NO4/c1-4-13(5-2)7-10(15)14(12(13)18)8-9(3)6-11(16)17/h9H,4-8H2,1-3H3,(H,16,17). The average Bonchev–Trinajstić information content (AvgIpc) is 2.53. The van der Waals surface area contributed by atoms with E-state index in [0.717, 1.165) is 0 Å². The molecule has 1 unspecified atom stereocenters. The zero-order chi connectivity index (χ0) is 13.9. The molecule has 5 heteroatoms. The molecule has 1 saturated heterocycles. The highest BCUT2D eigenvalue weighted by Crippen LogP contribution is 2.39. The first-order valence-electron chi connectivity index (χ1n) is 6.43. The molecule has 5 nitrogen and oxygen atoms in total. The fraction of sp³-hybridized carbons (Fsp3) is 0.769. The Morgan fingerprint density at radius 1 is 1.39 bits per heavy atom. The lowest BCUT2D eigenvalue weighted by Gasteiger charge is -2.24. The number of hydrogen-bond acceptors (Lipinski definition) is 3. The maximum atomic E-state index is 12.3. The highest BCUT2D eigenvalue weighted by atomic mass is 16.4. The fourth-order valence-corrected chi connectivity index (χ4v) is 2.52. The molecule has 1 aliphatic rings. The van der Waals surface area contributed by atoms with Crippen LogP contribution in [0.3, 0.4) is 0 Å². The van der Waals surface area contributed by atoms with Crippen molar-refractivity contribution in [1.82, 2.24) is 4.90 Å². The van der Waals surface area contributed by atoms with Crippen molar-refractivity contribution in [3.05, 3.63) is 0 Å². The van der Waals surface area contributed by atoms with E-state index in [-0.39, 0.29) is 37.1 Å². The highest BCUT2D eigenvalue weighted by molar-refractivity contribution is 6.05. The van der Waals surface area contributed by atoms with Crippen LogP contribution in [0.4, 0.5) is 0 Å². The van der Waals surface area contributed by atoms with E-state index in [1.165, 1.54) is 4.90 Å². The van der Waals surface area contributed by atoms with Gasteiger partial charge in [-0.05, 0) is 18.8 Å². The molecule has 0 bridgehead atoms. The van der Waals surface area contributed by atoms with E-state index in [4.69, 9.17) is 5.11 Å². The van der Waals surface area contributed by atoms with Crippen molar-refractivity contribution in [1.29, 1.82) is 0 Å². The van der Waals surface area contributed by atoms with Gasteiger partial charge in [0.1, 0.15) is 0 Å². The largest absolute Gasteiger partial charge is 0.481 e. The van der Waals surface area contributed by atoms with Crippen LogP contribution in [0.2, 0.25) is 0 Å². The number of imide groups is 1. The minimum Gasteiger partial charge on any atom is -0.481 e. The van der Waals surface area contributed by atoms with E-state index in [1.54, 1.807) is 6.92 Å². The zero-order valence-corrected chi connectivity index (χ0v) is 11.2. The number of carboxylic acids is 1. The Hall–Kier alpha value is -1.39. The van der Waals surface area contributed by atoms with E-state index in [1.807, 2.05) is 13.8 Å². The van der Waals surface area contributed by atoms with E-state index >= 15 is 0 Å². The Morgan fingerprint density at radius 2 is 1.94 bits per heavy atom. The molecule has 102 valence electrons. The molecule has 2 amide bonds. The molecule has 0 spiro atoms. The Bertz CT molecular complexity index is 360. The molecule has 1 fully saturated rings. The van der Waals surface area contributed by atoms with Gasteiger partial charge in [-0.1, -0.05) is 20.8 Å². The SMILES string of the molecule is CCC1(CC)CC(=O)N(CC(C)CC(=O)O)C1=O. The summed E-state index contributed by atoms with van der Waals surface area (Å²) in [4.78, 5) is 36.0. The van der Waals surface area contributed by atoms with E-state index in [2.05, 4.69) is 0 Å². The van der Waals surface area contributed by atoms with Crippen LogP contribution in [0.25, 0.3) is 0 Å². The molecular formula is C13H21NO4. The molecule has 0 saturated carbocycles. The van der Waals surface area contributed by atoms with Crippen molar-refractivity contribution in [3.8, 4) is 0 Å². The predicted molar refractivity (Wildman–Crippen MR) is 65.8 cm³/mol. The summed E-state index contributed by atoms with van der Waals surface area (Å²) >= 11 is 0. The average molecular weight is 255 g/mol. The molecule has 0 aromatic rings. The molecule has 0 aromatic heterocycles. The van der Waals surface area contributed by atoms with Crippen molar-refractivity contribution >= 4 is 17.8 Å². The molecule has 1 rings (SSSR count). The summed E-state index contributed by atoms with van der Waals surface area (Å²) in [5, 5.41) is 8.70. The van der Waals surface area contributed by atoms with Crippen LogP contribution in [0.5, 0.6) is 0 Å². The van der Waals surface area contributed by atoms with Gasteiger partial charge in [-0.15, -0.1) is 0 Å². The fourth-order valence-electron chi connectivity index (χ4n) is 2.52. The Kier molecular flexibility index (Phi) is 4.48. The molecular weight excluding hydrogens is 234 g/mol. The molecule has 0 aromatic carbocycles. The second-order valence-electron chi connectivity index (χ2n) is 5.18. The number of rotatable bonds is 6. The van der Waals surface area contributed by atoms with Crippen LogP contribution < -0.4 is 0 Å². The van der Waals surface area contributed by atoms with Gasteiger partial charge >= 0.3 is 5.97 Å². The van der Waals surface area contributed by atoms with E-state index < -0.39 is 11.4 Å². The van der Waals surface area contributed by atoms with Gasteiger partial charge in [-0.25, -0.2) is 0 Å². The number of hydrogen-bond donors (Lipinski definition) is 1. The third-order valence-corrected chi connectivity index (χ3v) is 3.86. The second kappa shape index (κ2) is 5.50. The van der Waals surface area contributed by atoms with Gasteiger partial charge in [0.2, 0.25) is 11.8 Å². The van der Waals surface area contributed by atoms with Gasteiger partial charge in [0.15, 0.2) is 0 Å². The maximum absolute atomic E-state index is 12.3. The first-order chi connectivity index (χ1) is 8.36. The minimum atomic E-state index is -0.904. The third-order valence-electron chi connectivity index (χ3n) is 3.86. The van der Waals surface area contributed by atoms with Crippen LogP contribution >= 0.6 is 0 Å². The second-order valence-corrected chi connectivity index (χ2v) is 5.18. The summed E-state index contributed by atoms with van der Waals surface area (Å²) < 4.78 is 0. The maximum Gasteiger partial charge on any atom is 0.303 e. The van der Waals surface area contributed by atoms with Crippen molar-refractivity contribution < 1.29 is 19.5 Å². The lowest BCUT2D eigenvalue weighted by molar-refractivity contribution is -0.144. The summed E-state index contributed by atoms with van der Waals surface area (Å²) in [5.41, 5.74) is -0.556. The number of carbonyl (C=O) groups excluding carboxylic acids is 2. The molecule has 1 heterocycles. The topological polar surface area (TPSA) is 74.7 Å². The van der Waals surface area contributed by atoms with Crippen LogP contribution in [0.1, 0.15) is 46.5 Å². The molecule has 1 N–H and O–H groups in total. The molecule has 0 radical (unpaired) electrons. The summed E-state index contributed by atoms with van der Waals surface area (Å²) in [6.07, 6.45) is 1.54. The Labute approximate surface area is 107 Å². The Balaban J connectivity index is 2.76. The predicted octanol–water partition coefficient (Wildman–Crippen LogP) is 1.66. The van der Waals surface area contributed by atoms with Crippen LogP contribution in [0.15, 0.2) is 0 Å². The normalized spacial score (nSPS) is 20.3. The molecule has 0 aliphatic carbocycles. The van der Waals surface area contributed by atoms with Gasteiger partial charge in [0, 0.05) is 19.4 Å². The summed E-state index contributed by atoms with van der Waals surface area (Å²) in [6, 6.07) is 0. The lowest BCUT2D eigenvalue weighted by atomic mass is 9.81. The van der Waals surface area contributed by atoms with Crippen LogP contribution in [-0.2, 0) is 14.4 Å². The molecule has 1 aliphatic heterocycles. The van der Waals surface area contributed by atoms with Crippen molar-refractivity contribution in [3.63, 3.8) is 0 Å². The lowest BCUT2D eigenvalue weighted by Crippen LogP contribution is -2.38. The number of nitrogens with zero attached hydrogens (tertiary/aromatic N) is 1. The summed E-state index contributed by atoms with van der Waals surface area (Å²) in [6.45, 7) is 5.79. The number of carbonyl (C=O) groups is 3. The monoisotopic (exact) mass is 255 g/mol. The summed E-state index contributed by atoms with van der Waals surface area (Å²) in [7, 11) is 0. The summed E-state index contributed by atoms with van der Waals surface area (Å²) in [5.74, 6) is -1.41. The number of carboxylic acid groups (broad SMARTS) is 1. The van der Waals surface area contributed by atoms with E-state index in [9.17, 15) is 14.4 Å². The van der Waals surface area contributed by atoms with Gasteiger partial charge < -0.3 is 5.11 Å². The minimum absolute atomic E-state index is 0.0255. The highest BCUT2D eigenvalue weighted by Gasteiger charge is 2.49. The van der Waals surface area contributed by atoms with Gasteiger partial charge in [0.05, 0.1) is 5.41 Å². The molecule has 1 atom stereocenters. The first-order valence-corrected chi connectivity index (χ1v) is 6.43. The van der Waals surface area contributed by atoms with Crippen molar-refractivity contribution in [2.24, 2.45) is 11.3 Å². The van der Waals surface area contributed by atoms with Crippen molar-refractivity contribution in [2.45, 2.75) is 46.5 Å². The van der Waals surface area contributed by atoms with Gasteiger partial charge in [-0.3, -0.25) is 19.3 Å². The number of aliphatic carboxylic acids is 1.